The summed E-state index contributed by atoms with van der Waals surface area (Å²) in [6, 6.07) is 0. The van der Waals surface area contributed by atoms with Crippen LogP contribution in [0.1, 0.15) is 0 Å². The minimum absolute atomic E-state index is 3.00. The monoisotopic (exact) mass is 740 g/mol. The third-order valence-corrected chi connectivity index (χ3v) is 10.7. The second-order valence-corrected chi connectivity index (χ2v) is 16.4. The third kappa shape index (κ3) is 14.1. The van der Waals surface area contributed by atoms with Crippen molar-refractivity contribution in [2.75, 3.05) is 0 Å². The van der Waals surface area contributed by atoms with Gasteiger partial charge in [-0.2, -0.15) is 12.9 Å². The highest BCUT2D eigenvalue weighted by Crippen LogP contribution is 2.64. The van der Waals surface area contributed by atoms with Crippen molar-refractivity contribution in [3.63, 3.8) is 0 Å². The summed E-state index contributed by atoms with van der Waals surface area (Å²) in [7, 11) is -43.0. The first-order valence-corrected chi connectivity index (χ1v) is 19.4. The van der Waals surface area contributed by atoms with Crippen molar-refractivity contribution in [1.29, 1.82) is 0 Å². The molecule has 1 aliphatic rings. The van der Waals surface area contributed by atoms with Crippen molar-refractivity contribution in [3.8, 4) is 0 Å². The number of phosphoric ester groups is 4. The van der Waals surface area contributed by atoms with Gasteiger partial charge in [0.1, 0.15) is 36.6 Å². The van der Waals surface area contributed by atoms with E-state index in [0.29, 0.717) is 0 Å². The van der Waals surface area contributed by atoms with Gasteiger partial charge in [-0.25, -0.2) is 32.0 Å². The smallest absolute Gasteiger partial charge is 0.387 e. The average molecular weight is 740 g/mol. The van der Waals surface area contributed by atoms with Crippen molar-refractivity contribution in [2.45, 2.75) is 36.6 Å². The van der Waals surface area contributed by atoms with E-state index >= 15 is 0 Å². The fourth-order valence-electron chi connectivity index (χ4n) is 2.72. The van der Waals surface area contributed by atoms with Gasteiger partial charge in [-0.3, -0.25) is 18.1 Å². The van der Waals surface area contributed by atoms with Crippen LogP contribution in [0.25, 0.3) is 0 Å². The predicted molar refractivity (Wildman–Crippen MR) is 112 cm³/mol. The molecule has 0 aromatic rings. The Kier molecular flexibility index (Phi) is 12.7. The molecular weight excluding hydrogens is 721 g/mol. The molecule has 40 heavy (non-hydrogen) atoms. The molecule has 0 heterocycles. The van der Waals surface area contributed by atoms with Crippen LogP contribution in [-0.4, -0.2) is 101 Å². The highest BCUT2D eigenvalue weighted by molar-refractivity contribution is 7.61. The predicted octanol–water partition coefficient (Wildman–Crippen LogP) is -3.02. The average Bonchev–Trinajstić information content (AvgIpc) is 2.58. The largest absolute Gasteiger partial charge is 0.481 e. The Morgan fingerprint density at radius 1 is 0.350 bits per heavy atom. The molecule has 0 aromatic carbocycles. The molecule has 0 saturated heterocycles. The molecule has 240 valence electrons. The molecule has 1 rings (SSSR count). The summed E-state index contributed by atoms with van der Waals surface area (Å²) in [6.45, 7) is 0. The molecule has 13 N–H and O–H groups in total. The van der Waals surface area contributed by atoms with Crippen molar-refractivity contribution < 1.29 is 127 Å². The van der Waals surface area contributed by atoms with Gasteiger partial charge in [0.2, 0.25) is 0 Å². The fourth-order valence-corrected chi connectivity index (χ4v) is 8.63. The molecule has 9 atom stereocenters. The Balaban J connectivity index is 3.82. The minimum Gasteiger partial charge on any atom is -0.387 e. The van der Waals surface area contributed by atoms with Gasteiger partial charge in [-0.15, -0.1) is 0 Å². The quantitative estimate of drug-likeness (QED) is 0.0788. The van der Waals surface area contributed by atoms with E-state index in [4.69, 9.17) is 39.1 Å². The lowest BCUT2D eigenvalue weighted by Crippen LogP contribution is -2.65. The molecule has 0 radical (unpaired) electrons. The van der Waals surface area contributed by atoms with Crippen molar-refractivity contribution in [1.82, 2.24) is 0 Å². The number of hydrogen-bond acceptors (Lipinski definition) is 16. The molecule has 0 spiro atoms. The lowest BCUT2D eigenvalue weighted by Gasteiger charge is -2.46. The maximum atomic E-state index is 12.1. The SMILES string of the molecule is O=P(O)(O)OC1[C@@H](O)[C@H](OP(=O)(O)OP(=O)(O)O)C(OP(=O)(O)OP(=O)(O)O)[C@@H](OP(=O)(O)OP(=O)(O)O)[C@H]1O. The summed E-state index contributed by atoms with van der Waals surface area (Å²) < 4.78 is 107. The molecule has 34 heteroatoms. The molecule has 0 amide bonds. The number of aliphatic hydroxyl groups is 2. The van der Waals surface area contributed by atoms with Crippen LogP contribution in [0.2, 0.25) is 0 Å². The highest BCUT2D eigenvalue weighted by atomic mass is 31.3. The normalized spacial score (nSPS) is 31.6. The van der Waals surface area contributed by atoms with Crippen molar-refractivity contribution in [2.24, 2.45) is 0 Å². The first-order valence-electron chi connectivity index (χ1n) is 8.76. The Labute approximate surface area is 219 Å². The zero-order valence-corrected chi connectivity index (χ0v) is 24.4. The molecule has 0 bridgehead atoms. The van der Waals surface area contributed by atoms with E-state index in [1.54, 1.807) is 0 Å². The van der Waals surface area contributed by atoms with Crippen LogP contribution in [0.3, 0.4) is 0 Å². The van der Waals surface area contributed by atoms with Crippen LogP contribution >= 0.6 is 54.8 Å². The molecule has 1 saturated carbocycles. The Morgan fingerprint density at radius 3 is 0.825 bits per heavy atom. The van der Waals surface area contributed by atoms with Gasteiger partial charge in [0.05, 0.1) is 0 Å². The Hall–Kier alpha value is 0.810. The van der Waals surface area contributed by atoms with Gasteiger partial charge >= 0.3 is 54.8 Å². The molecule has 5 unspecified atom stereocenters. The molecule has 27 nitrogen and oxygen atoms in total. The van der Waals surface area contributed by atoms with Gasteiger partial charge in [-0.1, -0.05) is 0 Å². The second-order valence-electron chi connectivity index (χ2n) is 6.87. The zero-order chi connectivity index (χ0) is 31.9. The van der Waals surface area contributed by atoms with Crippen LogP contribution in [0, 0.1) is 0 Å². The number of rotatable bonds is 14. The highest BCUT2D eigenvalue weighted by Gasteiger charge is 2.60. The summed E-state index contributed by atoms with van der Waals surface area (Å²) in [5.41, 5.74) is 0. The number of hydrogen-bond donors (Lipinski definition) is 13. The van der Waals surface area contributed by atoms with Gasteiger partial charge in [0.15, 0.2) is 0 Å². The van der Waals surface area contributed by atoms with Gasteiger partial charge in [0.25, 0.3) is 0 Å². The van der Waals surface area contributed by atoms with Crippen molar-refractivity contribution >= 4 is 54.8 Å². The summed E-state index contributed by atoms with van der Waals surface area (Å²) in [5.74, 6) is 0. The van der Waals surface area contributed by atoms with Gasteiger partial charge < -0.3 is 64.0 Å². The van der Waals surface area contributed by atoms with Gasteiger partial charge in [0, 0.05) is 0 Å². The van der Waals surface area contributed by atoms with Gasteiger partial charge in [-0.05, 0) is 0 Å². The molecule has 1 fully saturated rings. The van der Waals surface area contributed by atoms with Crippen LogP contribution < -0.4 is 0 Å². The summed E-state index contributed by atoms with van der Waals surface area (Å²) >= 11 is 0. The van der Waals surface area contributed by atoms with E-state index in [0.717, 1.165) is 0 Å². The van der Waals surface area contributed by atoms with E-state index in [-0.39, 0.29) is 0 Å². The van der Waals surface area contributed by atoms with Crippen LogP contribution in [0.4, 0.5) is 0 Å². The van der Waals surface area contributed by atoms with Crippen molar-refractivity contribution in [3.05, 3.63) is 0 Å². The van der Waals surface area contributed by atoms with E-state index in [1.165, 1.54) is 0 Å². The first-order chi connectivity index (χ1) is 17.3. The van der Waals surface area contributed by atoms with Crippen LogP contribution in [0.15, 0.2) is 0 Å². The number of phosphoric acid groups is 7. The maximum Gasteiger partial charge on any atom is 0.481 e. The number of aliphatic hydroxyl groups excluding tert-OH is 2. The summed E-state index contributed by atoms with van der Waals surface area (Å²) in [4.78, 5) is 99.3. The van der Waals surface area contributed by atoms with E-state index in [9.17, 15) is 56.8 Å². The maximum absolute atomic E-state index is 12.1. The first kappa shape index (κ1) is 38.8. The van der Waals surface area contributed by atoms with Crippen LogP contribution in [-0.2, 0) is 63.0 Å². The third-order valence-electron chi connectivity index (χ3n) is 3.65. The fraction of sp³-hybridized carbons (Fsp3) is 1.00. The lowest BCUT2D eigenvalue weighted by atomic mass is 9.85. The van der Waals surface area contributed by atoms with E-state index in [2.05, 4.69) is 31.0 Å². The lowest BCUT2D eigenvalue weighted by molar-refractivity contribution is -0.208. The zero-order valence-electron chi connectivity index (χ0n) is 18.1. The topological polar surface area (TPSA) is 447 Å². The molecule has 0 aliphatic heterocycles. The molecule has 1 aliphatic carbocycles. The molecular formula is C6H19O27P7. The summed E-state index contributed by atoms with van der Waals surface area (Å²) in [6.07, 6.45) is -19.0. The summed E-state index contributed by atoms with van der Waals surface area (Å²) in [5, 5.41) is 20.8. The second kappa shape index (κ2) is 13.0. The van der Waals surface area contributed by atoms with Crippen LogP contribution in [0.5, 0.6) is 0 Å². The standard InChI is InChI=1S/C6H19O27P7/c7-1-3(27-34(9,10)11)2(8)5(29-39(23,24)32-36(15,16)17)6(30-40(25,26)33-37(18,19)20)4(1)28-38(21,22)31-35(12,13)14/h1-8H,(H,21,22)(H,23,24)(H,25,26)(H2,9,10,11)(H2,12,13,14)(H2,15,16,17)(H2,18,19,20)/t1-,2+,3?,4-,5-,6?/m0/s1. The van der Waals surface area contributed by atoms with E-state index < -0.39 is 91.4 Å². The van der Waals surface area contributed by atoms with E-state index in [1.807, 2.05) is 0 Å². The Morgan fingerprint density at radius 2 is 0.600 bits per heavy atom. The minimum atomic E-state index is -6.35. The Bertz CT molecular complexity index is 1170. The molecule has 0 aromatic heterocycles.